The number of aromatic nitrogens is 1. The van der Waals surface area contributed by atoms with Gasteiger partial charge in [0, 0.05) is 53.5 Å². The first-order chi connectivity index (χ1) is 29.3. The molecule has 2 aromatic heterocycles. The van der Waals surface area contributed by atoms with E-state index < -0.39 is 0 Å². The van der Waals surface area contributed by atoms with Crippen molar-refractivity contribution in [3.05, 3.63) is 223 Å². The molecule has 1 unspecified atom stereocenters. The molecule has 0 amide bonds. The summed E-state index contributed by atoms with van der Waals surface area (Å²) in [6.45, 7) is 0. The SMILES string of the molecule is C1=C(N2c3ccccc3-c3c(n(-c4cccc(-c5ccc6c(c5)sc5ccccc56)c4)c4ccccc34)-c3ccccc32)N=C(c2ccccc2)NC1c1ccccc1. The summed E-state index contributed by atoms with van der Waals surface area (Å²) in [6.07, 6.45) is 2.27. The van der Waals surface area contributed by atoms with Gasteiger partial charge in [-0.2, -0.15) is 0 Å². The fourth-order valence-electron chi connectivity index (χ4n) is 9.12. The highest BCUT2D eigenvalue weighted by molar-refractivity contribution is 7.25. The van der Waals surface area contributed by atoms with Crippen molar-refractivity contribution in [1.29, 1.82) is 0 Å². The van der Waals surface area contributed by atoms with Crippen LogP contribution in [0.15, 0.2) is 217 Å². The molecule has 0 saturated carbocycles. The predicted octanol–water partition coefficient (Wildman–Crippen LogP) is 14.1. The molecule has 278 valence electrons. The van der Waals surface area contributed by atoms with Crippen LogP contribution in [-0.2, 0) is 0 Å². The molecule has 4 nitrogen and oxygen atoms in total. The molecule has 4 heterocycles. The summed E-state index contributed by atoms with van der Waals surface area (Å²) >= 11 is 1.86. The molecule has 0 bridgehead atoms. The number of anilines is 2. The maximum Gasteiger partial charge on any atom is 0.138 e. The van der Waals surface area contributed by atoms with Crippen LogP contribution in [0.3, 0.4) is 0 Å². The first kappa shape index (κ1) is 33.6. The number of aliphatic imine (C=N–C) groups is 1. The molecule has 2 aliphatic heterocycles. The Labute approximate surface area is 346 Å². The van der Waals surface area contributed by atoms with Crippen molar-refractivity contribution < 1.29 is 0 Å². The van der Waals surface area contributed by atoms with E-state index in [4.69, 9.17) is 4.99 Å². The smallest absolute Gasteiger partial charge is 0.138 e. The summed E-state index contributed by atoms with van der Waals surface area (Å²) in [4.78, 5) is 7.82. The zero-order valence-corrected chi connectivity index (χ0v) is 32.8. The highest BCUT2D eigenvalue weighted by Crippen LogP contribution is 2.54. The lowest BCUT2D eigenvalue weighted by atomic mass is 9.98. The van der Waals surface area contributed by atoms with Crippen LogP contribution in [0.1, 0.15) is 17.2 Å². The van der Waals surface area contributed by atoms with Crippen LogP contribution in [0, 0.1) is 0 Å². The van der Waals surface area contributed by atoms with Gasteiger partial charge in [-0.3, -0.25) is 4.90 Å². The second-order valence-corrected chi connectivity index (χ2v) is 16.3. The van der Waals surface area contributed by atoms with Crippen molar-refractivity contribution >= 4 is 59.6 Å². The number of thiophene rings is 1. The Balaban J connectivity index is 1.09. The average Bonchev–Trinajstić information content (AvgIpc) is 3.82. The Kier molecular flexibility index (Phi) is 7.75. The van der Waals surface area contributed by atoms with E-state index in [1.165, 1.54) is 53.3 Å². The van der Waals surface area contributed by atoms with Gasteiger partial charge in [-0.1, -0.05) is 158 Å². The van der Waals surface area contributed by atoms with E-state index in [0.29, 0.717) is 0 Å². The lowest BCUT2D eigenvalue weighted by Gasteiger charge is -2.32. The van der Waals surface area contributed by atoms with Gasteiger partial charge in [0.2, 0.25) is 0 Å². The molecular weight excluding hydrogens is 737 g/mol. The van der Waals surface area contributed by atoms with Crippen molar-refractivity contribution in [1.82, 2.24) is 9.88 Å². The molecule has 0 fully saturated rings. The Morgan fingerprint density at radius 3 is 1.98 bits per heavy atom. The third-order valence-electron chi connectivity index (χ3n) is 11.8. The molecule has 12 rings (SSSR count). The van der Waals surface area contributed by atoms with Crippen LogP contribution in [0.25, 0.3) is 70.3 Å². The van der Waals surface area contributed by atoms with Gasteiger partial charge in [0.25, 0.3) is 0 Å². The Bertz CT molecular complexity index is 3320. The quantitative estimate of drug-likeness (QED) is 0.189. The van der Waals surface area contributed by atoms with Gasteiger partial charge < -0.3 is 9.88 Å². The molecule has 59 heavy (non-hydrogen) atoms. The number of hydrogen-bond donors (Lipinski definition) is 1. The molecule has 1 N–H and O–H groups in total. The van der Waals surface area contributed by atoms with E-state index in [9.17, 15) is 0 Å². The zero-order valence-electron chi connectivity index (χ0n) is 32.0. The van der Waals surface area contributed by atoms with Crippen LogP contribution in [-0.4, -0.2) is 10.4 Å². The largest absolute Gasteiger partial charge is 0.359 e. The number of fused-ring (bicyclic) bond motifs is 10. The molecule has 0 radical (unpaired) electrons. The highest BCUT2D eigenvalue weighted by atomic mass is 32.1. The topological polar surface area (TPSA) is 32.6 Å². The average molecular weight is 773 g/mol. The van der Waals surface area contributed by atoms with Crippen molar-refractivity contribution in [3.8, 4) is 39.2 Å². The number of para-hydroxylation sites is 3. The lowest BCUT2D eigenvalue weighted by Crippen LogP contribution is -2.34. The summed E-state index contributed by atoms with van der Waals surface area (Å²) < 4.78 is 5.11. The van der Waals surface area contributed by atoms with Gasteiger partial charge in [-0.25, -0.2) is 4.99 Å². The lowest BCUT2D eigenvalue weighted by molar-refractivity contribution is 0.759. The zero-order chi connectivity index (χ0) is 38.9. The van der Waals surface area contributed by atoms with Gasteiger partial charge in [0.15, 0.2) is 0 Å². The van der Waals surface area contributed by atoms with Crippen molar-refractivity contribution in [2.24, 2.45) is 4.99 Å². The molecule has 2 aliphatic rings. The number of amidine groups is 1. The fourth-order valence-corrected chi connectivity index (χ4v) is 10.3. The van der Waals surface area contributed by atoms with E-state index in [-0.39, 0.29) is 6.04 Å². The molecule has 0 spiro atoms. The van der Waals surface area contributed by atoms with Gasteiger partial charge in [-0.05, 0) is 65.2 Å². The molecular formula is C54H36N4S. The van der Waals surface area contributed by atoms with Gasteiger partial charge >= 0.3 is 0 Å². The molecule has 5 heteroatoms. The maximum absolute atomic E-state index is 5.45. The number of rotatable bonds is 5. The molecule has 0 aliphatic carbocycles. The maximum atomic E-state index is 5.45. The van der Waals surface area contributed by atoms with Crippen LogP contribution in [0.4, 0.5) is 11.4 Å². The van der Waals surface area contributed by atoms with Gasteiger partial charge in [0.05, 0.1) is 28.6 Å². The first-order valence-electron chi connectivity index (χ1n) is 20.1. The standard InChI is InChI=1S/C54H36N4S/c1-3-16-35(17-4-1)45-34-51(56-54(55-45)36-18-5-2-6-19-36)58-47-27-12-8-24-43(47)52-42-23-7-11-26-46(42)57(53(52)44-25-9-13-28-48(44)58)39-21-15-20-37(32-39)38-30-31-41-40-22-10-14-29-49(40)59-50(41)33-38/h1-34,45H,(H,55,56). The highest BCUT2D eigenvalue weighted by Gasteiger charge is 2.33. The second kappa shape index (κ2) is 13.6. The minimum absolute atomic E-state index is 0.0898. The summed E-state index contributed by atoms with van der Waals surface area (Å²) in [5.74, 6) is 1.71. The van der Waals surface area contributed by atoms with Gasteiger partial charge in [0.1, 0.15) is 11.7 Å². The Morgan fingerprint density at radius 1 is 0.492 bits per heavy atom. The van der Waals surface area contributed by atoms with Gasteiger partial charge in [-0.15, -0.1) is 11.3 Å². The summed E-state index contributed by atoms with van der Waals surface area (Å²) in [6, 6.07) is 72.2. The van der Waals surface area contributed by atoms with Crippen molar-refractivity contribution in [2.45, 2.75) is 6.04 Å². The minimum atomic E-state index is -0.0898. The number of hydrogen-bond acceptors (Lipinski definition) is 4. The van der Waals surface area contributed by atoms with E-state index in [1.807, 2.05) is 11.3 Å². The van der Waals surface area contributed by atoms with E-state index >= 15 is 0 Å². The minimum Gasteiger partial charge on any atom is -0.359 e. The predicted molar refractivity (Wildman–Crippen MR) is 248 cm³/mol. The molecule has 8 aromatic carbocycles. The summed E-state index contributed by atoms with van der Waals surface area (Å²) in [7, 11) is 0. The fraction of sp³-hybridized carbons (Fsp3) is 0.0185. The van der Waals surface area contributed by atoms with Crippen molar-refractivity contribution in [3.63, 3.8) is 0 Å². The molecule has 0 saturated heterocycles. The summed E-state index contributed by atoms with van der Waals surface area (Å²) in [5, 5.41) is 7.60. The van der Waals surface area contributed by atoms with E-state index in [2.05, 4.69) is 221 Å². The third-order valence-corrected chi connectivity index (χ3v) is 12.9. The second-order valence-electron chi connectivity index (χ2n) is 15.2. The normalized spacial score (nSPS) is 14.6. The Hall–Kier alpha value is -7.47. The Morgan fingerprint density at radius 2 is 1.14 bits per heavy atom. The number of nitrogens with one attached hydrogen (secondary N) is 1. The monoisotopic (exact) mass is 772 g/mol. The third kappa shape index (κ3) is 5.47. The molecule has 1 atom stereocenters. The number of benzene rings is 8. The van der Waals surface area contributed by atoms with Crippen molar-refractivity contribution in [2.75, 3.05) is 4.90 Å². The van der Waals surface area contributed by atoms with Crippen LogP contribution in [0.2, 0.25) is 0 Å². The van der Waals surface area contributed by atoms with E-state index in [0.717, 1.165) is 51.1 Å². The summed E-state index contributed by atoms with van der Waals surface area (Å²) in [5.41, 5.74) is 13.7. The van der Waals surface area contributed by atoms with E-state index in [1.54, 1.807) is 0 Å². The van der Waals surface area contributed by atoms with Crippen LogP contribution < -0.4 is 10.2 Å². The van der Waals surface area contributed by atoms with Crippen LogP contribution >= 0.6 is 11.3 Å². The molecule has 10 aromatic rings. The first-order valence-corrected chi connectivity index (χ1v) is 20.9. The number of nitrogens with zero attached hydrogens (tertiary/aromatic N) is 3. The van der Waals surface area contributed by atoms with Crippen LogP contribution in [0.5, 0.6) is 0 Å².